The molecule has 0 unspecified atom stereocenters. The maximum atomic E-state index is 11.3. The molecule has 148 valence electrons. The van der Waals surface area contributed by atoms with E-state index in [1.54, 1.807) is 0 Å². The number of rotatable bonds is 8. The van der Waals surface area contributed by atoms with Crippen molar-refractivity contribution in [3.8, 4) is 0 Å². The van der Waals surface area contributed by atoms with Crippen LogP contribution in [0.3, 0.4) is 0 Å². The number of methoxy groups -OCH3 is 1. The summed E-state index contributed by atoms with van der Waals surface area (Å²) in [6.07, 6.45) is 0.0437. The molecule has 0 bridgehead atoms. The number of benzene rings is 2. The van der Waals surface area contributed by atoms with Gasteiger partial charge >= 0.3 is 0 Å². The lowest BCUT2D eigenvalue weighted by atomic mass is 9.88. The second-order valence-corrected chi connectivity index (χ2v) is 7.29. The molecule has 0 amide bonds. The van der Waals surface area contributed by atoms with Crippen molar-refractivity contribution in [1.82, 2.24) is 4.90 Å². The van der Waals surface area contributed by atoms with E-state index in [1.807, 2.05) is 36.4 Å². The van der Waals surface area contributed by atoms with Crippen LogP contribution in [0.15, 0.2) is 78.7 Å². The standard InChI is InChI=1S/C24H29NO3/c1-4-22(27-3)24(26)15-16-28-23(24)19(2)25(17-20-11-7-5-8-12-20)18-21-13-9-6-10-14-21/h5-14,19,23,26H,1,15-18H2,2-3H3/t19-,23-,24-/m0/s1. The summed E-state index contributed by atoms with van der Waals surface area (Å²) in [6, 6.07) is 20.7. The van der Waals surface area contributed by atoms with Gasteiger partial charge in [0.05, 0.1) is 13.7 Å². The molecule has 28 heavy (non-hydrogen) atoms. The molecular formula is C24H29NO3. The van der Waals surface area contributed by atoms with Crippen molar-refractivity contribution in [3.05, 3.63) is 89.9 Å². The minimum atomic E-state index is -1.22. The number of aliphatic hydroxyl groups is 1. The molecule has 0 radical (unpaired) electrons. The van der Waals surface area contributed by atoms with Gasteiger partial charge in [-0.2, -0.15) is 0 Å². The third-order valence-electron chi connectivity index (χ3n) is 5.48. The van der Waals surface area contributed by atoms with E-state index < -0.39 is 11.7 Å². The Balaban J connectivity index is 1.88. The van der Waals surface area contributed by atoms with Crippen LogP contribution >= 0.6 is 0 Å². The minimum Gasteiger partial charge on any atom is -0.490 e. The highest BCUT2D eigenvalue weighted by molar-refractivity contribution is 5.20. The SMILES string of the molecule is C=C=C(OC)[C@@]1(O)CCO[C@H]1[C@H](C)N(Cc1ccccc1)Cc1ccccc1. The van der Waals surface area contributed by atoms with E-state index in [2.05, 4.69) is 48.4 Å². The molecule has 0 saturated carbocycles. The number of ether oxygens (including phenoxy) is 2. The molecule has 1 fully saturated rings. The van der Waals surface area contributed by atoms with Crippen LogP contribution < -0.4 is 0 Å². The first-order chi connectivity index (χ1) is 13.6. The van der Waals surface area contributed by atoms with E-state index in [0.29, 0.717) is 18.8 Å². The summed E-state index contributed by atoms with van der Waals surface area (Å²) < 4.78 is 11.4. The minimum absolute atomic E-state index is 0.0496. The molecule has 4 nitrogen and oxygen atoms in total. The molecular weight excluding hydrogens is 350 g/mol. The molecule has 0 spiro atoms. The normalized spacial score (nSPS) is 22.6. The Hall–Kier alpha value is -2.36. The highest BCUT2D eigenvalue weighted by atomic mass is 16.5. The van der Waals surface area contributed by atoms with E-state index in [9.17, 15) is 5.11 Å². The fourth-order valence-corrected chi connectivity index (χ4v) is 3.98. The number of hydrogen-bond acceptors (Lipinski definition) is 4. The van der Waals surface area contributed by atoms with Gasteiger partial charge in [0, 0.05) is 25.6 Å². The molecule has 1 aliphatic heterocycles. The van der Waals surface area contributed by atoms with Crippen LogP contribution in [-0.2, 0) is 22.6 Å². The molecule has 2 aromatic rings. The third-order valence-corrected chi connectivity index (χ3v) is 5.48. The molecule has 0 aromatic heterocycles. The van der Waals surface area contributed by atoms with Crippen molar-refractivity contribution in [1.29, 1.82) is 0 Å². The molecule has 4 heteroatoms. The van der Waals surface area contributed by atoms with Gasteiger partial charge in [-0.1, -0.05) is 73.0 Å². The van der Waals surface area contributed by atoms with Crippen LogP contribution in [0, 0.1) is 0 Å². The molecule has 3 atom stereocenters. The smallest absolute Gasteiger partial charge is 0.172 e. The fraction of sp³-hybridized carbons (Fsp3) is 0.375. The monoisotopic (exact) mass is 379 g/mol. The summed E-state index contributed by atoms with van der Waals surface area (Å²) in [7, 11) is 1.54. The number of hydrogen-bond donors (Lipinski definition) is 1. The predicted octanol–water partition coefficient (Wildman–Crippen LogP) is 3.91. The molecule has 1 saturated heterocycles. The van der Waals surface area contributed by atoms with Crippen LogP contribution in [0.4, 0.5) is 0 Å². The van der Waals surface area contributed by atoms with Gasteiger partial charge in [-0.15, -0.1) is 0 Å². The molecule has 1 N–H and O–H groups in total. The topological polar surface area (TPSA) is 41.9 Å². The Morgan fingerprint density at radius 2 is 1.71 bits per heavy atom. The lowest BCUT2D eigenvalue weighted by molar-refractivity contribution is -0.0804. The van der Waals surface area contributed by atoms with Gasteiger partial charge in [-0.25, -0.2) is 0 Å². The molecule has 1 aliphatic rings. The van der Waals surface area contributed by atoms with Gasteiger partial charge in [-0.3, -0.25) is 4.90 Å². The van der Waals surface area contributed by atoms with Crippen molar-refractivity contribution in [3.63, 3.8) is 0 Å². The van der Waals surface area contributed by atoms with Crippen LogP contribution in [-0.4, -0.2) is 41.5 Å². The second-order valence-electron chi connectivity index (χ2n) is 7.29. The number of nitrogens with zero attached hydrogens (tertiary/aromatic N) is 1. The van der Waals surface area contributed by atoms with Gasteiger partial charge in [0.2, 0.25) is 0 Å². The van der Waals surface area contributed by atoms with Crippen molar-refractivity contribution in [2.75, 3.05) is 13.7 Å². The summed E-state index contributed by atoms with van der Waals surface area (Å²) in [5.41, 5.74) is 3.97. The quantitative estimate of drug-likeness (QED) is 0.558. The van der Waals surface area contributed by atoms with E-state index in [-0.39, 0.29) is 6.04 Å². The van der Waals surface area contributed by atoms with Gasteiger partial charge in [0.1, 0.15) is 6.10 Å². The predicted molar refractivity (Wildman–Crippen MR) is 111 cm³/mol. The average molecular weight is 380 g/mol. The summed E-state index contributed by atoms with van der Waals surface area (Å²) in [5, 5.41) is 11.3. The van der Waals surface area contributed by atoms with E-state index in [4.69, 9.17) is 9.47 Å². The van der Waals surface area contributed by atoms with Gasteiger partial charge in [-0.05, 0) is 18.1 Å². The largest absolute Gasteiger partial charge is 0.490 e. The first-order valence-corrected chi connectivity index (χ1v) is 9.69. The highest BCUT2D eigenvalue weighted by Crippen LogP contribution is 2.36. The van der Waals surface area contributed by atoms with Crippen LogP contribution in [0.2, 0.25) is 0 Å². The average Bonchev–Trinajstić information content (AvgIpc) is 3.11. The lowest BCUT2D eigenvalue weighted by Gasteiger charge is -2.38. The second kappa shape index (κ2) is 9.22. The van der Waals surface area contributed by atoms with Crippen molar-refractivity contribution in [2.24, 2.45) is 0 Å². The Bertz CT molecular complexity index is 760. The van der Waals surface area contributed by atoms with E-state index >= 15 is 0 Å². The van der Waals surface area contributed by atoms with Crippen molar-refractivity contribution in [2.45, 2.75) is 44.2 Å². The Morgan fingerprint density at radius 1 is 1.18 bits per heavy atom. The highest BCUT2D eigenvalue weighted by Gasteiger charge is 2.50. The maximum Gasteiger partial charge on any atom is 0.172 e. The molecule has 1 heterocycles. The molecule has 0 aliphatic carbocycles. The van der Waals surface area contributed by atoms with Crippen LogP contribution in [0.5, 0.6) is 0 Å². The zero-order valence-electron chi connectivity index (χ0n) is 16.7. The summed E-state index contributed by atoms with van der Waals surface area (Å²) in [6.45, 7) is 7.77. The maximum absolute atomic E-state index is 11.3. The van der Waals surface area contributed by atoms with Gasteiger partial charge < -0.3 is 14.6 Å². The zero-order valence-corrected chi connectivity index (χ0v) is 16.7. The Kier molecular flexibility index (Phi) is 6.71. The zero-order chi connectivity index (χ0) is 20.0. The van der Waals surface area contributed by atoms with Crippen LogP contribution in [0.25, 0.3) is 0 Å². The van der Waals surface area contributed by atoms with E-state index in [1.165, 1.54) is 18.2 Å². The summed E-state index contributed by atoms with van der Waals surface area (Å²) in [4.78, 5) is 2.34. The first kappa shape index (κ1) is 20.4. The Labute approximate surface area is 167 Å². The lowest BCUT2D eigenvalue weighted by Crippen LogP contribution is -2.52. The fourth-order valence-electron chi connectivity index (χ4n) is 3.98. The van der Waals surface area contributed by atoms with Gasteiger partial charge in [0.15, 0.2) is 11.4 Å². The van der Waals surface area contributed by atoms with Crippen LogP contribution in [0.1, 0.15) is 24.5 Å². The first-order valence-electron chi connectivity index (χ1n) is 9.69. The summed E-state index contributed by atoms with van der Waals surface area (Å²) >= 11 is 0. The third kappa shape index (κ3) is 4.37. The van der Waals surface area contributed by atoms with Gasteiger partial charge in [0.25, 0.3) is 0 Å². The molecule has 2 aromatic carbocycles. The Morgan fingerprint density at radius 3 is 2.18 bits per heavy atom. The van der Waals surface area contributed by atoms with E-state index in [0.717, 1.165) is 13.1 Å². The summed E-state index contributed by atoms with van der Waals surface area (Å²) in [5.74, 6) is 0.348. The van der Waals surface area contributed by atoms with Crippen molar-refractivity contribution >= 4 is 0 Å². The van der Waals surface area contributed by atoms with Crippen molar-refractivity contribution < 1.29 is 14.6 Å². The molecule has 3 rings (SSSR count).